The SMILES string of the molecule is CCOC(=O)c1cncc(-c2cc(O)ccc2N(C)C)c1. The number of nitrogens with zero attached hydrogens (tertiary/aromatic N) is 2. The lowest BCUT2D eigenvalue weighted by molar-refractivity contribution is 0.0526. The van der Waals surface area contributed by atoms with Crippen LogP contribution in [0.5, 0.6) is 5.75 Å². The Morgan fingerprint density at radius 1 is 1.29 bits per heavy atom. The number of hydrogen-bond donors (Lipinski definition) is 1. The lowest BCUT2D eigenvalue weighted by Crippen LogP contribution is -2.10. The van der Waals surface area contributed by atoms with Gasteiger partial charge in [-0.05, 0) is 31.2 Å². The molecule has 5 heteroatoms. The van der Waals surface area contributed by atoms with E-state index in [1.54, 1.807) is 31.3 Å². The van der Waals surface area contributed by atoms with Gasteiger partial charge in [-0.2, -0.15) is 0 Å². The maximum Gasteiger partial charge on any atom is 0.339 e. The first-order valence-corrected chi connectivity index (χ1v) is 6.65. The van der Waals surface area contributed by atoms with Crippen LogP contribution < -0.4 is 4.90 Å². The van der Waals surface area contributed by atoms with E-state index in [0.717, 1.165) is 16.8 Å². The van der Waals surface area contributed by atoms with E-state index in [2.05, 4.69) is 4.98 Å². The third-order valence-corrected chi connectivity index (χ3v) is 3.02. The van der Waals surface area contributed by atoms with Crippen molar-refractivity contribution in [2.45, 2.75) is 6.92 Å². The van der Waals surface area contributed by atoms with Crippen LogP contribution in [-0.2, 0) is 4.74 Å². The van der Waals surface area contributed by atoms with Gasteiger partial charge in [0.15, 0.2) is 0 Å². The van der Waals surface area contributed by atoms with E-state index in [-0.39, 0.29) is 5.75 Å². The van der Waals surface area contributed by atoms with Gasteiger partial charge < -0.3 is 14.7 Å². The Morgan fingerprint density at radius 3 is 2.71 bits per heavy atom. The van der Waals surface area contributed by atoms with Crippen molar-refractivity contribution >= 4 is 11.7 Å². The monoisotopic (exact) mass is 286 g/mol. The number of esters is 1. The van der Waals surface area contributed by atoms with E-state index in [4.69, 9.17) is 4.74 Å². The Bertz CT molecular complexity index is 654. The maximum atomic E-state index is 11.8. The molecule has 1 N–H and O–H groups in total. The molecule has 0 bridgehead atoms. The van der Waals surface area contributed by atoms with Crippen LogP contribution in [0, 0.1) is 0 Å². The van der Waals surface area contributed by atoms with Gasteiger partial charge in [-0.3, -0.25) is 4.98 Å². The van der Waals surface area contributed by atoms with E-state index in [1.165, 1.54) is 6.20 Å². The summed E-state index contributed by atoms with van der Waals surface area (Å²) >= 11 is 0. The van der Waals surface area contributed by atoms with Gasteiger partial charge in [0.1, 0.15) is 5.75 Å². The maximum absolute atomic E-state index is 11.8. The first kappa shape index (κ1) is 14.8. The molecular formula is C16H18N2O3. The zero-order chi connectivity index (χ0) is 15.4. The Kier molecular flexibility index (Phi) is 4.42. The number of aromatic hydroxyl groups is 1. The van der Waals surface area contributed by atoms with Crippen molar-refractivity contribution in [2.75, 3.05) is 25.6 Å². The topological polar surface area (TPSA) is 62.7 Å². The van der Waals surface area contributed by atoms with Crippen molar-refractivity contribution in [3.63, 3.8) is 0 Å². The summed E-state index contributed by atoms with van der Waals surface area (Å²) in [4.78, 5) is 17.8. The second-order valence-corrected chi connectivity index (χ2v) is 4.78. The van der Waals surface area contributed by atoms with Crippen LogP contribution in [0.1, 0.15) is 17.3 Å². The number of hydrogen-bond acceptors (Lipinski definition) is 5. The lowest BCUT2D eigenvalue weighted by atomic mass is 10.0. The van der Waals surface area contributed by atoms with Crippen LogP contribution in [0.3, 0.4) is 0 Å². The van der Waals surface area contributed by atoms with Crippen molar-refractivity contribution in [3.8, 4) is 16.9 Å². The number of carbonyl (C=O) groups excluding carboxylic acids is 1. The smallest absolute Gasteiger partial charge is 0.339 e. The molecule has 2 rings (SSSR count). The normalized spacial score (nSPS) is 10.2. The van der Waals surface area contributed by atoms with Gasteiger partial charge in [-0.1, -0.05) is 0 Å². The van der Waals surface area contributed by atoms with Crippen molar-refractivity contribution in [2.24, 2.45) is 0 Å². The number of phenols is 1. The predicted octanol–water partition coefficient (Wildman–Crippen LogP) is 2.70. The average molecular weight is 286 g/mol. The molecule has 1 aromatic carbocycles. The molecule has 0 fully saturated rings. The summed E-state index contributed by atoms with van der Waals surface area (Å²) in [5.41, 5.74) is 2.87. The average Bonchev–Trinajstić information content (AvgIpc) is 2.47. The quantitative estimate of drug-likeness (QED) is 0.876. The summed E-state index contributed by atoms with van der Waals surface area (Å²) in [5.74, 6) is -0.240. The van der Waals surface area contributed by atoms with Gasteiger partial charge in [0.25, 0.3) is 0 Å². The molecule has 1 aromatic heterocycles. The molecule has 1 heterocycles. The van der Waals surface area contributed by atoms with Crippen LogP contribution in [0.2, 0.25) is 0 Å². The van der Waals surface area contributed by atoms with Crippen LogP contribution >= 0.6 is 0 Å². The van der Waals surface area contributed by atoms with Crippen LogP contribution in [-0.4, -0.2) is 36.8 Å². The van der Waals surface area contributed by atoms with Gasteiger partial charge in [0.2, 0.25) is 0 Å². The van der Waals surface area contributed by atoms with E-state index in [0.29, 0.717) is 12.2 Å². The standard InChI is InChI=1S/C16H18N2O3/c1-4-21-16(20)12-7-11(9-17-10-12)14-8-13(19)5-6-15(14)18(2)3/h5-10,19H,4H2,1-3H3. The third kappa shape index (κ3) is 3.31. The van der Waals surface area contributed by atoms with Gasteiger partial charge in [0.05, 0.1) is 12.2 Å². The summed E-state index contributed by atoms with van der Waals surface area (Å²) < 4.78 is 4.98. The van der Waals surface area contributed by atoms with Gasteiger partial charge in [-0.25, -0.2) is 4.79 Å². The molecule has 0 unspecified atom stereocenters. The Morgan fingerprint density at radius 2 is 2.05 bits per heavy atom. The third-order valence-electron chi connectivity index (χ3n) is 3.02. The Labute approximate surface area is 123 Å². The van der Waals surface area contributed by atoms with E-state index >= 15 is 0 Å². The Balaban J connectivity index is 2.49. The molecule has 0 aliphatic heterocycles. The van der Waals surface area contributed by atoms with Crippen LogP contribution in [0.25, 0.3) is 11.1 Å². The number of carbonyl (C=O) groups is 1. The minimum Gasteiger partial charge on any atom is -0.508 e. The first-order chi connectivity index (χ1) is 10.0. The highest BCUT2D eigenvalue weighted by Gasteiger charge is 2.12. The second kappa shape index (κ2) is 6.26. The summed E-state index contributed by atoms with van der Waals surface area (Å²) in [6.45, 7) is 2.08. The number of benzene rings is 1. The number of ether oxygens (including phenoxy) is 1. The van der Waals surface area contributed by atoms with Gasteiger partial charge in [0, 0.05) is 43.3 Å². The van der Waals surface area contributed by atoms with Gasteiger partial charge in [-0.15, -0.1) is 0 Å². The molecule has 0 amide bonds. The number of pyridine rings is 1. The molecule has 21 heavy (non-hydrogen) atoms. The summed E-state index contributed by atoms with van der Waals surface area (Å²) in [5, 5.41) is 9.71. The largest absolute Gasteiger partial charge is 0.508 e. The fraction of sp³-hybridized carbons (Fsp3) is 0.250. The van der Waals surface area contributed by atoms with Crippen molar-refractivity contribution in [1.29, 1.82) is 0 Å². The summed E-state index contributed by atoms with van der Waals surface area (Å²) in [6, 6.07) is 6.82. The molecule has 0 atom stereocenters. The zero-order valence-corrected chi connectivity index (χ0v) is 12.3. The highest BCUT2D eigenvalue weighted by atomic mass is 16.5. The van der Waals surface area contributed by atoms with Crippen molar-refractivity contribution < 1.29 is 14.6 Å². The van der Waals surface area contributed by atoms with Gasteiger partial charge >= 0.3 is 5.97 Å². The molecule has 0 spiro atoms. The predicted molar refractivity (Wildman–Crippen MR) is 81.6 cm³/mol. The van der Waals surface area contributed by atoms with Crippen LogP contribution in [0.15, 0.2) is 36.7 Å². The number of phenolic OH excluding ortho intramolecular Hbond substituents is 1. The molecule has 110 valence electrons. The van der Waals surface area contributed by atoms with E-state index < -0.39 is 5.97 Å². The highest BCUT2D eigenvalue weighted by molar-refractivity contribution is 5.91. The first-order valence-electron chi connectivity index (χ1n) is 6.65. The molecule has 0 aliphatic carbocycles. The fourth-order valence-electron chi connectivity index (χ4n) is 2.06. The van der Waals surface area contributed by atoms with Crippen molar-refractivity contribution in [1.82, 2.24) is 4.98 Å². The zero-order valence-electron chi connectivity index (χ0n) is 12.3. The number of rotatable bonds is 4. The lowest BCUT2D eigenvalue weighted by Gasteiger charge is -2.18. The molecule has 0 aliphatic rings. The summed E-state index contributed by atoms with van der Waals surface area (Å²) in [6.07, 6.45) is 3.13. The molecule has 0 saturated heterocycles. The number of anilines is 1. The van der Waals surface area contributed by atoms with E-state index in [1.807, 2.05) is 25.1 Å². The molecule has 5 nitrogen and oxygen atoms in total. The van der Waals surface area contributed by atoms with Crippen molar-refractivity contribution in [3.05, 3.63) is 42.2 Å². The molecular weight excluding hydrogens is 268 g/mol. The van der Waals surface area contributed by atoms with Crippen LogP contribution in [0.4, 0.5) is 5.69 Å². The molecule has 0 radical (unpaired) electrons. The minimum atomic E-state index is -0.404. The molecule has 0 saturated carbocycles. The highest BCUT2D eigenvalue weighted by Crippen LogP contribution is 2.33. The second-order valence-electron chi connectivity index (χ2n) is 4.78. The number of aromatic nitrogens is 1. The molecule has 2 aromatic rings. The minimum absolute atomic E-state index is 0.164. The fourth-order valence-corrected chi connectivity index (χ4v) is 2.06. The van der Waals surface area contributed by atoms with E-state index in [9.17, 15) is 9.90 Å². The Hall–Kier alpha value is -2.56. The summed E-state index contributed by atoms with van der Waals surface area (Å²) in [7, 11) is 3.83.